The fourth-order valence-corrected chi connectivity index (χ4v) is 2.92. The summed E-state index contributed by atoms with van der Waals surface area (Å²) in [4.78, 5) is 22.1. The maximum Gasteiger partial charge on any atom is 0.321 e. The fraction of sp³-hybridized carbons (Fsp3) is 0.583. The highest BCUT2D eigenvalue weighted by Gasteiger charge is 2.40. The maximum atomic E-state index is 11.1. The monoisotopic (exact) mass is 401 g/mol. The molecule has 160 valence electrons. The van der Waals surface area contributed by atoms with Gasteiger partial charge in [0, 0.05) is 13.0 Å². The Morgan fingerprint density at radius 2 is 1.45 bits per heavy atom. The van der Waals surface area contributed by atoms with Gasteiger partial charge in [0.2, 0.25) is 0 Å². The number of aliphatic carboxylic acids is 2. The van der Waals surface area contributed by atoms with Crippen LogP contribution in [-0.4, -0.2) is 28.7 Å². The molecule has 5 nitrogen and oxygen atoms in total. The van der Waals surface area contributed by atoms with Gasteiger partial charge in [-0.1, -0.05) is 75.6 Å². The van der Waals surface area contributed by atoms with Crippen LogP contribution in [0.15, 0.2) is 24.3 Å². The first-order valence-electron chi connectivity index (χ1n) is 10.6. The summed E-state index contributed by atoms with van der Waals surface area (Å²) in [5.41, 5.74) is 0.665. The summed E-state index contributed by atoms with van der Waals surface area (Å²) in [6.45, 7) is 4.47. The first-order valence-corrected chi connectivity index (χ1v) is 10.6. The molecule has 0 heterocycles. The Bertz CT molecular complexity index is 671. The van der Waals surface area contributed by atoms with Crippen molar-refractivity contribution in [2.45, 2.75) is 78.2 Å². The molecule has 0 bridgehead atoms. The summed E-state index contributed by atoms with van der Waals surface area (Å²) in [7, 11) is 0. The van der Waals surface area contributed by atoms with Gasteiger partial charge in [-0.15, -0.1) is 5.92 Å². The van der Waals surface area contributed by atoms with Gasteiger partial charge < -0.3 is 15.5 Å². The molecule has 1 aromatic carbocycles. The second-order valence-electron chi connectivity index (χ2n) is 7.76. The zero-order valence-electron chi connectivity index (χ0n) is 17.8. The third-order valence-electron chi connectivity index (χ3n) is 5.15. The summed E-state index contributed by atoms with van der Waals surface area (Å²) in [6.07, 6.45) is 10.1. The van der Waals surface area contributed by atoms with Crippen molar-refractivity contribution >= 4 is 11.9 Å². The minimum atomic E-state index is -1.86. The van der Waals surface area contributed by atoms with E-state index in [1.54, 1.807) is 0 Å². The zero-order chi connectivity index (χ0) is 21.5. The van der Waals surface area contributed by atoms with Gasteiger partial charge in [0.25, 0.3) is 0 Å². The van der Waals surface area contributed by atoms with Crippen LogP contribution in [0.4, 0.5) is 0 Å². The van der Waals surface area contributed by atoms with Gasteiger partial charge in [-0.2, -0.15) is 0 Å². The molecule has 0 fully saturated rings. The van der Waals surface area contributed by atoms with E-state index in [-0.39, 0.29) is 6.42 Å². The molecule has 0 saturated heterocycles. The predicted octanol–water partition coefficient (Wildman–Crippen LogP) is 4.64. The second-order valence-corrected chi connectivity index (χ2v) is 7.76. The first kappa shape index (κ1) is 24.7. The Morgan fingerprint density at radius 1 is 0.897 bits per heavy atom. The number of carboxylic acid groups (broad SMARTS) is 2. The summed E-state index contributed by atoms with van der Waals surface area (Å²) < 4.78 is 0. The standard InChI is InChI=1S/C24H35NO4/c1-3-4-5-6-7-8-9-12-20-13-15-21(16-14-20)19-25-18-11-10-17-24(2,22(26)27)23(28)29/h13-16,25H,3-9,12,17-19H2,1-2H3,(H,26,27)(H,28,29). The summed E-state index contributed by atoms with van der Waals surface area (Å²) in [6, 6.07) is 8.57. The van der Waals surface area contributed by atoms with Crippen molar-refractivity contribution in [3.8, 4) is 11.8 Å². The van der Waals surface area contributed by atoms with Crippen LogP contribution in [0.1, 0.15) is 76.3 Å². The molecule has 1 rings (SSSR count). The highest BCUT2D eigenvalue weighted by Crippen LogP contribution is 2.21. The van der Waals surface area contributed by atoms with Crippen molar-refractivity contribution < 1.29 is 19.8 Å². The molecular formula is C24H35NO4. The summed E-state index contributed by atoms with van der Waals surface area (Å²) >= 11 is 0. The van der Waals surface area contributed by atoms with Crippen LogP contribution >= 0.6 is 0 Å². The number of rotatable bonds is 14. The zero-order valence-corrected chi connectivity index (χ0v) is 17.8. The molecule has 0 radical (unpaired) electrons. The molecule has 0 unspecified atom stereocenters. The third-order valence-corrected chi connectivity index (χ3v) is 5.15. The molecule has 0 amide bonds. The average molecular weight is 402 g/mol. The van der Waals surface area contributed by atoms with Gasteiger partial charge >= 0.3 is 11.9 Å². The van der Waals surface area contributed by atoms with Crippen LogP contribution < -0.4 is 5.32 Å². The number of carboxylic acids is 2. The SMILES string of the molecule is CCCCCCCCCc1ccc(CNCC#CCC(C)(C(=O)O)C(=O)O)cc1. The lowest BCUT2D eigenvalue weighted by molar-refractivity contribution is -0.162. The van der Waals surface area contributed by atoms with Crippen LogP contribution in [0.5, 0.6) is 0 Å². The minimum Gasteiger partial charge on any atom is -0.480 e. The number of hydrogen-bond donors (Lipinski definition) is 3. The van der Waals surface area contributed by atoms with Crippen molar-refractivity contribution in [2.75, 3.05) is 6.54 Å². The van der Waals surface area contributed by atoms with E-state index in [1.807, 2.05) is 0 Å². The number of unbranched alkanes of at least 4 members (excludes halogenated alkanes) is 6. The number of aryl methyl sites for hydroxylation is 1. The van der Waals surface area contributed by atoms with Crippen molar-refractivity contribution in [1.82, 2.24) is 5.32 Å². The molecular weight excluding hydrogens is 366 g/mol. The smallest absolute Gasteiger partial charge is 0.321 e. The summed E-state index contributed by atoms with van der Waals surface area (Å²) in [5.74, 6) is 2.71. The largest absolute Gasteiger partial charge is 0.480 e. The van der Waals surface area contributed by atoms with E-state index < -0.39 is 17.4 Å². The molecule has 1 aromatic rings. The molecule has 0 aromatic heterocycles. The van der Waals surface area contributed by atoms with Gasteiger partial charge in [-0.05, 0) is 30.9 Å². The van der Waals surface area contributed by atoms with Gasteiger partial charge in [0.05, 0.1) is 6.54 Å². The maximum absolute atomic E-state index is 11.1. The van der Waals surface area contributed by atoms with Crippen molar-refractivity contribution in [2.24, 2.45) is 5.41 Å². The lowest BCUT2D eigenvalue weighted by Gasteiger charge is -2.15. The van der Waals surface area contributed by atoms with Gasteiger partial charge in [-0.25, -0.2) is 0 Å². The highest BCUT2D eigenvalue weighted by atomic mass is 16.4. The fourth-order valence-electron chi connectivity index (χ4n) is 2.92. The number of hydrogen-bond acceptors (Lipinski definition) is 3. The molecule has 0 aliphatic rings. The topological polar surface area (TPSA) is 86.6 Å². The first-order chi connectivity index (χ1) is 13.9. The number of nitrogens with one attached hydrogen (secondary N) is 1. The number of benzene rings is 1. The van der Waals surface area contributed by atoms with Crippen molar-refractivity contribution in [3.05, 3.63) is 35.4 Å². The minimum absolute atomic E-state index is 0.216. The van der Waals surface area contributed by atoms with Crippen LogP contribution in [0, 0.1) is 17.3 Å². The van der Waals surface area contributed by atoms with Crippen molar-refractivity contribution in [1.29, 1.82) is 0 Å². The van der Waals surface area contributed by atoms with Crippen LogP contribution in [0.3, 0.4) is 0 Å². The van der Waals surface area contributed by atoms with E-state index in [4.69, 9.17) is 10.2 Å². The van der Waals surface area contributed by atoms with E-state index >= 15 is 0 Å². The molecule has 29 heavy (non-hydrogen) atoms. The molecule has 0 spiro atoms. The lowest BCUT2D eigenvalue weighted by Crippen LogP contribution is -2.35. The normalized spacial score (nSPS) is 11.0. The molecule has 0 saturated carbocycles. The molecule has 3 N–H and O–H groups in total. The predicted molar refractivity (Wildman–Crippen MR) is 116 cm³/mol. The van der Waals surface area contributed by atoms with E-state index in [0.29, 0.717) is 13.1 Å². The highest BCUT2D eigenvalue weighted by molar-refractivity contribution is 5.98. The second kappa shape index (κ2) is 13.8. The molecule has 0 aliphatic carbocycles. The Morgan fingerprint density at radius 3 is 2.03 bits per heavy atom. The Labute approximate surface area is 174 Å². The number of carbonyl (C=O) groups is 2. The molecule has 0 aliphatic heterocycles. The van der Waals surface area contributed by atoms with Gasteiger partial charge in [0.15, 0.2) is 5.41 Å². The Hall–Kier alpha value is -2.32. The van der Waals surface area contributed by atoms with Gasteiger partial charge in [0.1, 0.15) is 0 Å². The van der Waals surface area contributed by atoms with Crippen LogP contribution in [0.2, 0.25) is 0 Å². The van der Waals surface area contributed by atoms with Crippen LogP contribution in [0.25, 0.3) is 0 Å². The van der Waals surface area contributed by atoms with E-state index in [2.05, 4.69) is 48.3 Å². The third kappa shape index (κ3) is 9.62. The molecule has 5 heteroatoms. The molecule has 0 atom stereocenters. The van der Waals surface area contributed by atoms with E-state index in [9.17, 15) is 9.59 Å². The van der Waals surface area contributed by atoms with Crippen molar-refractivity contribution in [3.63, 3.8) is 0 Å². The Kier molecular flexibility index (Phi) is 11.8. The quantitative estimate of drug-likeness (QED) is 0.240. The van der Waals surface area contributed by atoms with Crippen LogP contribution in [-0.2, 0) is 22.6 Å². The lowest BCUT2D eigenvalue weighted by atomic mass is 9.87. The van der Waals surface area contributed by atoms with E-state index in [0.717, 1.165) is 12.0 Å². The summed E-state index contributed by atoms with van der Waals surface area (Å²) in [5, 5.41) is 21.2. The van der Waals surface area contributed by atoms with E-state index in [1.165, 1.54) is 57.4 Å². The Balaban J connectivity index is 2.25. The van der Waals surface area contributed by atoms with Gasteiger partial charge in [-0.3, -0.25) is 9.59 Å². The average Bonchev–Trinajstić information content (AvgIpc) is 2.70.